The number of aliphatic hydroxyl groups is 1. The number of methoxy groups -OCH3 is 1. The molecule has 0 aromatic heterocycles. The van der Waals surface area contributed by atoms with Gasteiger partial charge in [0.25, 0.3) is 0 Å². The van der Waals surface area contributed by atoms with Crippen molar-refractivity contribution in [3.05, 3.63) is 59.9 Å². The van der Waals surface area contributed by atoms with Gasteiger partial charge in [0.1, 0.15) is 5.60 Å². The van der Waals surface area contributed by atoms with Crippen LogP contribution < -0.4 is 10.1 Å². The molecule has 2 aromatic rings. The average Bonchev–Trinajstić information content (AvgIpc) is 2.77. The highest BCUT2D eigenvalue weighted by molar-refractivity contribution is 7.89. The molecule has 8 nitrogen and oxygen atoms in total. The van der Waals surface area contributed by atoms with E-state index in [1.807, 2.05) is 44.2 Å². The molecule has 10 heteroatoms. The number of sulfonamides is 1. The van der Waals surface area contributed by atoms with E-state index >= 15 is 0 Å². The first-order valence-corrected chi connectivity index (χ1v) is 13.2. The first-order chi connectivity index (χ1) is 16.7. The van der Waals surface area contributed by atoms with Crippen molar-refractivity contribution in [2.24, 2.45) is 5.92 Å². The topological polar surface area (TPSA) is 105 Å². The van der Waals surface area contributed by atoms with Crippen molar-refractivity contribution < 1.29 is 32.2 Å². The highest BCUT2D eigenvalue weighted by atomic mass is 32.2. The first-order valence-electron chi connectivity index (χ1n) is 11.8. The number of nitrogens with zero attached hydrogens (tertiary/aromatic N) is 1. The number of alkyl carbamates (subject to hydrolysis) is 1. The Morgan fingerprint density at radius 3 is 2.28 bits per heavy atom. The molecule has 200 valence electrons. The van der Waals surface area contributed by atoms with Crippen LogP contribution in [0.2, 0.25) is 0 Å². The molecule has 0 radical (unpaired) electrons. The maximum atomic E-state index is 14.3. The molecule has 0 spiro atoms. The molecule has 0 saturated carbocycles. The minimum Gasteiger partial charge on any atom is -0.494 e. The van der Waals surface area contributed by atoms with Crippen molar-refractivity contribution in [2.75, 3.05) is 20.2 Å². The van der Waals surface area contributed by atoms with Gasteiger partial charge in [-0.15, -0.1) is 0 Å². The minimum absolute atomic E-state index is 0.0751. The van der Waals surface area contributed by atoms with E-state index in [1.54, 1.807) is 20.8 Å². The van der Waals surface area contributed by atoms with Crippen molar-refractivity contribution in [1.82, 2.24) is 9.62 Å². The van der Waals surface area contributed by atoms with Crippen LogP contribution >= 0.6 is 0 Å². The molecular weight excluding hydrogens is 487 g/mol. The summed E-state index contributed by atoms with van der Waals surface area (Å²) in [4.78, 5) is 12.3. The fourth-order valence-corrected chi connectivity index (χ4v) is 5.21. The lowest BCUT2D eigenvalue weighted by atomic mass is 10.0. The second kappa shape index (κ2) is 12.5. The van der Waals surface area contributed by atoms with E-state index in [9.17, 15) is 22.7 Å². The van der Waals surface area contributed by atoms with Gasteiger partial charge in [0, 0.05) is 13.1 Å². The molecule has 0 saturated heterocycles. The number of nitrogens with one attached hydrogen (secondary N) is 1. The zero-order valence-corrected chi connectivity index (χ0v) is 22.5. The zero-order valence-electron chi connectivity index (χ0n) is 21.7. The maximum Gasteiger partial charge on any atom is 0.407 e. The summed E-state index contributed by atoms with van der Waals surface area (Å²) < 4.78 is 52.5. The second-order valence-corrected chi connectivity index (χ2v) is 12.0. The molecule has 2 rings (SSSR count). The SMILES string of the molecule is COc1ccc(S(=O)(=O)N(CC(C)C)C[C@@H](O)[C@H](Cc2ccccc2)NC(=O)OC(C)(C)C)cc1F. The number of aliphatic hydroxyl groups excluding tert-OH is 1. The first kappa shape index (κ1) is 29.5. The Morgan fingerprint density at radius 2 is 1.75 bits per heavy atom. The number of rotatable bonds is 11. The lowest BCUT2D eigenvalue weighted by molar-refractivity contribution is 0.0400. The molecule has 0 fully saturated rings. The number of benzene rings is 2. The summed E-state index contributed by atoms with van der Waals surface area (Å²) in [5.74, 6) is -0.965. The van der Waals surface area contributed by atoms with Gasteiger partial charge in [-0.05, 0) is 56.9 Å². The lowest BCUT2D eigenvalue weighted by Gasteiger charge is -2.31. The summed E-state index contributed by atoms with van der Waals surface area (Å²) in [6.07, 6.45) is -1.76. The van der Waals surface area contributed by atoms with Crippen molar-refractivity contribution in [2.45, 2.75) is 63.7 Å². The van der Waals surface area contributed by atoms with Crippen molar-refractivity contribution in [3.8, 4) is 5.75 Å². The number of hydrogen-bond donors (Lipinski definition) is 2. The van der Waals surface area contributed by atoms with Gasteiger partial charge in [-0.25, -0.2) is 17.6 Å². The van der Waals surface area contributed by atoms with E-state index in [1.165, 1.54) is 19.2 Å². The molecule has 0 aliphatic heterocycles. The number of hydrogen-bond acceptors (Lipinski definition) is 6. The molecule has 0 heterocycles. The van der Waals surface area contributed by atoms with E-state index in [4.69, 9.17) is 9.47 Å². The van der Waals surface area contributed by atoms with E-state index < -0.39 is 39.7 Å². The summed E-state index contributed by atoms with van der Waals surface area (Å²) in [6.45, 7) is 8.60. The molecule has 0 aliphatic carbocycles. The fourth-order valence-electron chi connectivity index (χ4n) is 3.58. The van der Waals surface area contributed by atoms with Crippen LogP contribution in [0.3, 0.4) is 0 Å². The van der Waals surface area contributed by atoms with Crippen LogP contribution in [0.15, 0.2) is 53.4 Å². The summed E-state index contributed by atoms with van der Waals surface area (Å²) >= 11 is 0. The van der Waals surface area contributed by atoms with E-state index in [0.717, 1.165) is 15.9 Å². The number of carbonyl (C=O) groups excluding carboxylic acids is 1. The van der Waals surface area contributed by atoms with Gasteiger partial charge in [-0.2, -0.15) is 4.31 Å². The Labute approximate surface area is 213 Å². The van der Waals surface area contributed by atoms with Gasteiger partial charge in [0.2, 0.25) is 10.0 Å². The summed E-state index contributed by atoms with van der Waals surface area (Å²) in [7, 11) is -2.88. The third kappa shape index (κ3) is 8.76. The van der Waals surface area contributed by atoms with Crippen LogP contribution in [0.25, 0.3) is 0 Å². The third-order valence-corrected chi connectivity index (χ3v) is 7.01. The van der Waals surface area contributed by atoms with Crippen LogP contribution in [0, 0.1) is 11.7 Å². The smallest absolute Gasteiger partial charge is 0.407 e. The summed E-state index contributed by atoms with van der Waals surface area (Å²) in [5, 5.41) is 13.9. The standard InChI is InChI=1S/C26H37FN2O6S/c1-18(2)16-29(36(32,33)20-12-13-24(34-6)21(27)15-20)17-23(30)22(14-19-10-8-7-9-11-19)28-25(31)35-26(3,4)5/h7-13,15,18,22-23,30H,14,16-17H2,1-6H3,(H,28,31)/t22-,23+/m0/s1. The molecule has 0 bridgehead atoms. The van der Waals surface area contributed by atoms with Crippen LogP contribution in [0.4, 0.5) is 9.18 Å². The van der Waals surface area contributed by atoms with Gasteiger partial charge in [-0.3, -0.25) is 0 Å². The Bertz CT molecular complexity index is 1100. The van der Waals surface area contributed by atoms with E-state index in [2.05, 4.69) is 5.32 Å². The Kier molecular flexibility index (Phi) is 10.3. The van der Waals surface area contributed by atoms with E-state index in [0.29, 0.717) is 0 Å². The summed E-state index contributed by atoms with van der Waals surface area (Å²) in [5.41, 5.74) is 0.0886. The number of ether oxygens (including phenoxy) is 2. The van der Waals surface area contributed by atoms with Crippen LogP contribution in [-0.4, -0.2) is 61.9 Å². The van der Waals surface area contributed by atoms with Gasteiger partial charge < -0.3 is 19.9 Å². The Morgan fingerprint density at radius 1 is 1.11 bits per heavy atom. The molecule has 0 unspecified atom stereocenters. The molecule has 1 amide bonds. The lowest BCUT2D eigenvalue weighted by Crippen LogP contribution is -2.51. The molecule has 36 heavy (non-hydrogen) atoms. The predicted octanol–water partition coefficient (Wildman–Crippen LogP) is 3.98. The normalized spacial score (nSPS) is 13.9. The number of amides is 1. The molecule has 2 aromatic carbocycles. The fraction of sp³-hybridized carbons (Fsp3) is 0.500. The highest BCUT2D eigenvalue weighted by Crippen LogP contribution is 2.24. The van der Waals surface area contributed by atoms with Gasteiger partial charge in [0.15, 0.2) is 11.6 Å². The molecular formula is C26H37FN2O6S. The van der Waals surface area contributed by atoms with Crippen molar-refractivity contribution in [1.29, 1.82) is 0 Å². The monoisotopic (exact) mass is 524 g/mol. The van der Waals surface area contributed by atoms with Crippen LogP contribution in [0.1, 0.15) is 40.2 Å². The summed E-state index contributed by atoms with van der Waals surface area (Å²) in [6, 6.07) is 11.8. The molecule has 2 N–H and O–H groups in total. The van der Waals surface area contributed by atoms with Crippen molar-refractivity contribution in [3.63, 3.8) is 0 Å². The largest absolute Gasteiger partial charge is 0.494 e. The highest BCUT2D eigenvalue weighted by Gasteiger charge is 2.32. The van der Waals surface area contributed by atoms with Gasteiger partial charge >= 0.3 is 6.09 Å². The number of carbonyl (C=O) groups is 1. The zero-order chi connectivity index (χ0) is 27.1. The van der Waals surface area contributed by atoms with Crippen LogP contribution in [-0.2, 0) is 21.2 Å². The second-order valence-electron chi connectivity index (χ2n) is 10.0. The maximum absolute atomic E-state index is 14.3. The third-order valence-electron chi connectivity index (χ3n) is 5.19. The quantitative estimate of drug-likeness (QED) is 0.461. The van der Waals surface area contributed by atoms with E-state index in [-0.39, 0.29) is 36.1 Å². The Hall–Kier alpha value is -2.69. The van der Waals surface area contributed by atoms with Crippen molar-refractivity contribution >= 4 is 16.1 Å². The Balaban J connectivity index is 2.35. The number of halogens is 1. The minimum atomic E-state index is -4.17. The molecule has 2 atom stereocenters. The van der Waals surface area contributed by atoms with Gasteiger partial charge in [0.05, 0.1) is 24.2 Å². The molecule has 0 aliphatic rings. The van der Waals surface area contributed by atoms with Crippen LogP contribution in [0.5, 0.6) is 5.75 Å². The average molecular weight is 525 g/mol. The van der Waals surface area contributed by atoms with Gasteiger partial charge in [-0.1, -0.05) is 44.2 Å². The predicted molar refractivity (Wildman–Crippen MR) is 136 cm³/mol.